The van der Waals surface area contributed by atoms with Gasteiger partial charge in [-0.15, -0.1) is 0 Å². The molecule has 0 saturated carbocycles. The summed E-state index contributed by atoms with van der Waals surface area (Å²) in [4.78, 5) is 35.6. The molecule has 0 aromatic heterocycles. The van der Waals surface area contributed by atoms with Gasteiger partial charge < -0.3 is 39.6 Å². The molecule has 0 aromatic rings. The van der Waals surface area contributed by atoms with Crippen LogP contribution in [0.15, 0.2) is 0 Å². The van der Waals surface area contributed by atoms with Crippen molar-refractivity contribution in [2.45, 2.75) is 27.7 Å². The molecule has 0 aromatic carbocycles. The largest absolute Gasteiger partial charge is 2.00 e. The van der Waals surface area contributed by atoms with Gasteiger partial charge in [0.1, 0.15) is 0 Å². The summed E-state index contributed by atoms with van der Waals surface area (Å²) in [7, 11) is 0. The summed E-state index contributed by atoms with van der Waals surface area (Å²) in [5.41, 5.74) is 0. The Morgan fingerprint density at radius 2 is 0.500 bits per heavy atom. The van der Waals surface area contributed by atoms with E-state index < -0.39 is 23.9 Å². The molecule has 110 valence electrons. The standard InChI is InChI=1S/4C2H4O2.2Co/c4*1-2(3)4;;/h4*1H3,(H,3,4);;/q;;;;2*+2/p-4. The third-order valence-corrected chi connectivity index (χ3v) is 0. The van der Waals surface area contributed by atoms with Crippen molar-refractivity contribution < 1.29 is 73.2 Å². The van der Waals surface area contributed by atoms with Crippen LogP contribution < -0.4 is 20.4 Å². The number of aliphatic carboxylic acids is 4. The summed E-state index contributed by atoms with van der Waals surface area (Å²) in [5.74, 6) is -4.33. The summed E-state index contributed by atoms with van der Waals surface area (Å²) < 4.78 is 0. The van der Waals surface area contributed by atoms with Gasteiger partial charge in [-0.1, -0.05) is 0 Å². The number of carboxylic acids is 4. The quantitative estimate of drug-likeness (QED) is 0.418. The minimum absolute atomic E-state index is 0. The molecule has 10 heteroatoms. The van der Waals surface area contributed by atoms with Gasteiger partial charge in [-0.25, -0.2) is 0 Å². The van der Waals surface area contributed by atoms with Gasteiger partial charge in [0.25, 0.3) is 0 Å². The second-order valence-electron chi connectivity index (χ2n) is 1.97. The van der Waals surface area contributed by atoms with Crippen LogP contribution in [0.2, 0.25) is 0 Å². The molecule has 0 spiro atoms. The van der Waals surface area contributed by atoms with E-state index in [1.54, 1.807) is 0 Å². The molecular weight excluding hydrogens is 342 g/mol. The first-order chi connectivity index (χ1) is 6.93. The third-order valence-electron chi connectivity index (χ3n) is 0. The Morgan fingerprint density at radius 3 is 0.500 bits per heavy atom. The molecule has 0 rings (SSSR count). The molecule has 0 amide bonds. The molecule has 0 fully saturated rings. The van der Waals surface area contributed by atoms with Crippen LogP contribution in [-0.4, -0.2) is 23.9 Å². The SMILES string of the molecule is CC(=O)[O-].CC(=O)[O-].CC(=O)[O-].CC(=O)[O-].[Co+2].[Co+2]. The average Bonchev–Trinajstić information content (AvgIpc) is 1.76. The van der Waals surface area contributed by atoms with Gasteiger partial charge in [-0.2, -0.15) is 0 Å². The Hall–Kier alpha value is -1.11. The van der Waals surface area contributed by atoms with Crippen molar-refractivity contribution in [2.24, 2.45) is 0 Å². The number of carbonyl (C=O) groups is 4. The maximum absolute atomic E-state index is 8.89. The van der Waals surface area contributed by atoms with Crippen molar-refractivity contribution in [3.8, 4) is 0 Å². The zero-order valence-corrected chi connectivity index (χ0v) is 12.0. The molecule has 0 atom stereocenters. The van der Waals surface area contributed by atoms with Crippen molar-refractivity contribution >= 4 is 23.9 Å². The number of hydrogen-bond donors (Lipinski definition) is 0. The molecule has 0 heterocycles. The van der Waals surface area contributed by atoms with Crippen LogP contribution >= 0.6 is 0 Å². The van der Waals surface area contributed by atoms with E-state index in [1.807, 2.05) is 0 Å². The maximum atomic E-state index is 8.89. The van der Waals surface area contributed by atoms with Crippen LogP contribution in [0.3, 0.4) is 0 Å². The van der Waals surface area contributed by atoms with E-state index in [0.717, 1.165) is 27.7 Å². The van der Waals surface area contributed by atoms with Gasteiger partial charge in [-0.05, 0) is 27.7 Å². The molecule has 0 aliphatic carbocycles. The number of carbonyl (C=O) groups excluding carboxylic acids is 4. The average molecular weight is 354 g/mol. The predicted octanol–water partition coefficient (Wildman–Crippen LogP) is -4.98. The van der Waals surface area contributed by atoms with Gasteiger partial charge >= 0.3 is 33.6 Å². The maximum Gasteiger partial charge on any atom is 2.00 e. The molecule has 8 nitrogen and oxygen atoms in total. The van der Waals surface area contributed by atoms with E-state index in [4.69, 9.17) is 39.6 Å². The summed E-state index contributed by atoms with van der Waals surface area (Å²) in [6.45, 7) is 3.89. The first-order valence-electron chi connectivity index (χ1n) is 3.63. The van der Waals surface area contributed by atoms with E-state index in [9.17, 15) is 0 Å². The molecule has 0 bridgehead atoms. The normalized spacial score (nSPS) is 5.56. The Balaban J connectivity index is -0.0000000257. The Labute approximate surface area is 125 Å². The molecule has 2 radical (unpaired) electrons. The van der Waals surface area contributed by atoms with Gasteiger partial charge in [-0.3, -0.25) is 0 Å². The van der Waals surface area contributed by atoms with Gasteiger partial charge in [0, 0.05) is 23.9 Å². The first-order valence-corrected chi connectivity index (χ1v) is 3.63. The van der Waals surface area contributed by atoms with Crippen LogP contribution in [0.4, 0.5) is 0 Å². The molecule has 0 N–H and O–H groups in total. The fourth-order valence-corrected chi connectivity index (χ4v) is 0. The molecule has 18 heavy (non-hydrogen) atoms. The van der Waals surface area contributed by atoms with E-state index >= 15 is 0 Å². The smallest absolute Gasteiger partial charge is 0.550 e. The van der Waals surface area contributed by atoms with Crippen LogP contribution in [0.25, 0.3) is 0 Å². The van der Waals surface area contributed by atoms with E-state index in [1.165, 1.54) is 0 Å². The number of carboxylic acid groups (broad SMARTS) is 4. The van der Waals surface area contributed by atoms with Crippen LogP contribution in [-0.2, 0) is 52.7 Å². The molecule has 0 aliphatic heterocycles. The molecule has 0 aliphatic rings. The number of hydrogen-bond acceptors (Lipinski definition) is 8. The first kappa shape index (κ1) is 36.0. The van der Waals surface area contributed by atoms with Crippen molar-refractivity contribution in [1.29, 1.82) is 0 Å². The molecule has 0 unspecified atom stereocenters. The third kappa shape index (κ3) is 2350. The van der Waals surface area contributed by atoms with E-state index in [2.05, 4.69) is 0 Å². The summed E-state index contributed by atoms with van der Waals surface area (Å²) in [6.07, 6.45) is 0. The molecular formula is C8H12Co2O8. The number of rotatable bonds is 0. The van der Waals surface area contributed by atoms with E-state index in [0.29, 0.717) is 0 Å². The second kappa shape index (κ2) is 29.7. The minimum atomic E-state index is -1.08. The van der Waals surface area contributed by atoms with Crippen LogP contribution in [0.5, 0.6) is 0 Å². The predicted molar refractivity (Wildman–Crippen MR) is 42.7 cm³/mol. The Kier molecular flexibility index (Phi) is 59.4. The topological polar surface area (TPSA) is 161 Å². The fraction of sp³-hybridized carbons (Fsp3) is 0.500. The van der Waals surface area contributed by atoms with Crippen LogP contribution in [0, 0.1) is 0 Å². The zero-order valence-electron chi connectivity index (χ0n) is 9.93. The van der Waals surface area contributed by atoms with Gasteiger partial charge in [0.2, 0.25) is 0 Å². The molecule has 0 saturated heterocycles. The van der Waals surface area contributed by atoms with Crippen molar-refractivity contribution in [3.63, 3.8) is 0 Å². The van der Waals surface area contributed by atoms with E-state index in [-0.39, 0.29) is 33.6 Å². The monoisotopic (exact) mass is 354 g/mol. The van der Waals surface area contributed by atoms with Crippen molar-refractivity contribution in [1.82, 2.24) is 0 Å². The zero-order chi connectivity index (χ0) is 14.3. The van der Waals surface area contributed by atoms with Crippen molar-refractivity contribution in [2.75, 3.05) is 0 Å². The van der Waals surface area contributed by atoms with Crippen molar-refractivity contribution in [3.05, 3.63) is 0 Å². The summed E-state index contributed by atoms with van der Waals surface area (Å²) in [6, 6.07) is 0. The van der Waals surface area contributed by atoms with Gasteiger partial charge in [0.05, 0.1) is 0 Å². The fourth-order valence-electron chi connectivity index (χ4n) is 0. The summed E-state index contributed by atoms with van der Waals surface area (Å²) in [5, 5.41) is 35.6. The Morgan fingerprint density at radius 1 is 0.500 bits per heavy atom. The Bertz CT molecular complexity index is 165. The van der Waals surface area contributed by atoms with Crippen LogP contribution in [0.1, 0.15) is 27.7 Å². The second-order valence-corrected chi connectivity index (χ2v) is 1.97. The summed E-state index contributed by atoms with van der Waals surface area (Å²) >= 11 is 0. The van der Waals surface area contributed by atoms with Gasteiger partial charge in [0.15, 0.2) is 0 Å². The minimum Gasteiger partial charge on any atom is -0.550 e.